The van der Waals surface area contributed by atoms with Crippen molar-refractivity contribution in [1.82, 2.24) is 19.6 Å². The number of hydrogen-bond donors (Lipinski definition) is 3. The van der Waals surface area contributed by atoms with E-state index >= 15 is 0 Å². The molecule has 234 valence electrons. The number of imidazole rings is 1. The minimum absolute atomic E-state index is 0.187. The number of halogens is 3. The zero-order valence-corrected chi connectivity index (χ0v) is 24.7. The summed E-state index contributed by atoms with van der Waals surface area (Å²) in [5.41, 5.74) is 14.0. The van der Waals surface area contributed by atoms with Gasteiger partial charge in [-0.25, -0.2) is 14.5 Å². The molecule has 0 unspecified atom stereocenters. The first-order chi connectivity index (χ1) is 21.6. The van der Waals surface area contributed by atoms with Crippen molar-refractivity contribution in [3.05, 3.63) is 78.1 Å². The Hall–Kier alpha value is -5.53. The van der Waals surface area contributed by atoms with Crippen LogP contribution in [0.1, 0.15) is 17.7 Å². The second-order valence-corrected chi connectivity index (χ2v) is 9.88. The summed E-state index contributed by atoms with van der Waals surface area (Å²) in [6.07, 6.45) is -2.81. The quantitative estimate of drug-likeness (QED) is 0.103. The third-order valence-electron chi connectivity index (χ3n) is 6.79. The summed E-state index contributed by atoms with van der Waals surface area (Å²) in [5, 5.41) is 7.72. The molecule has 0 aliphatic carbocycles. The van der Waals surface area contributed by atoms with E-state index in [0.29, 0.717) is 65.1 Å². The first kappa shape index (κ1) is 30.9. The van der Waals surface area contributed by atoms with Crippen LogP contribution in [0.4, 0.5) is 24.7 Å². The standard InChI is InChI=1S/C31H31F3N8O3/c1-18-28(20-14-23(31(32,33)34)29(35)38-17-20)42-27(39-18)11-9-24(41-42)19-8-10-25(44-3)26(15-19)45-13-5-12-37-30(36)40-21-6-4-7-22(16-21)43-2/h4,6-11,14-17H,5,12-13H2,1-3H3,(H2,35,38)(H3,36,37,40). The number of alkyl halides is 3. The van der Waals surface area contributed by atoms with Crippen LogP contribution in [-0.4, -0.2) is 52.9 Å². The van der Waals surface area contributed by atoms with Crippen LogP contribution in [0.15, 0.2) is 71.9 Å². The van der Waals surface area contributed by atoms with Gasteiger partial charge in [-0.15, -0.1) is 0 Å². The highest BCUT2D eigenvalue weighted by Crippen LogP contribution is 2.36. The van der Waals surface area contributed by atoms with Crippen LogP contribution in [-0.2, 0) is 6.18 Å². The van der Waals surface area contributed by atoms with Crippen molar-refractivity contribution >= 4 is 23.1 Å². The molecule has 0 amide bonds. The number of aryl methyl sites for hydroxylation is 1. The Balaban J connectivity index is 1.33. The highest BCUT2D eigenvalue weighted by atomic mass is 19.4. The molecule has 0 saturated heterocycles. The molecule has 3 aromatic heterocycles. The van der Waals surface area contributed by atoms with Crippen molar-refractivity contribution in [3.63, 3.8) is 0 Å². The Kier molecular flexibility index (Phi) is 8.93. The van der Waals surface area contributed by atoms with Crippen LogP contribution in [0.5, 0.6) is 17.2 Å². The van der Waals surface area contributed by atoms with Crippen molar-refractivity contribution < 1.29 is 27.4 Å². The van der Waals surface area contributed by atoms with Crippen LogP contribution in [0.2, 0.25) is 0 Å². The number of nitrogens with two attached hydrogens (primary N) is 2. The smallest absolute Gasteiger partial charge is 0.419 e. The maximum Gasteiger partial charge on any atom is 0.419 e. The van der Waals surface area contributed by atoms with E-state index in [1.54, 1.807) is 38.3 Å². The van der Waals surface area contributed by atoms with Gasteiger partial charge in [0.05, 0.1) is 43.5 Å². The zero-order chi connectivity index (χ0) is 32.1. The molecule has 5 N–H and O–H groups in total. The van der Waals surface area contributed by atoms with Gasteiger partial charge in [0.1, 0.15) is 11.6 Å². The maximum absolute atomic E-state index is 13.5. The number of nitrogens with one attached hydrogen (secondary N) is 1. The lowest BCUT2D eigenvalue weighted by Crippen LogP contribution is -2.23. The molecule has 5 aromatic rings. The summed E-state index contributed by atoms with van der Waals surface area (Å²) in [6, 6.07) is 17.2. The second kappa shape index (κ2) is 13.0. The minimum Gasteiger partial charge on any atom is -0.497 e. The van der Waals surface area contributed by atoms with Crippen LogP contribution in [0.25, 0.3) is 28.2 Å². The molecular weight excluding hydrogens is 589 g/mol. The topological polar surface area (TPSA) is 147 Å². The predicted octanol–water partition coefficient (Wildman–Crippen LogP) is 5.58. The average molecular weight is 621 g/mol. The van der Waals surface area contributed by atoms with Gasteiger partial charge in [0, 0.05) is 42.0 Å². The molecule has 0 radical (unpaired) electrons. The number of nitrogen functional groups attached to an aromatic ring is 1. The fourth-order valence-electron chi connectivity index (χ4n) is 4.64. The number of guanidine groups is 1. The molecule has 0 fully saturated rings. The van der Waals surface area contributed by atoms with Gasteiger partial charge in [-0.2, -0.15) is 18.3 Å². The van der Waals surface area contributed by atoms with Gasteiger partial charge in [0.2, 0.25) is 0 Å². The van der Waals surface area contributed by atoms with E-state index < -0.39 is 17.6 Å². The molecule has 3 heterocycles. The van der Waals surface area contributed by atoms with Crippen LogP contribution >= 0.6 is 0 Å². The van der Waals surface area contributed by atoms with E-state index in [1.807, 2.05) is 30.3 Å². The Morgan fingerprint density at radius 1 is 1.00 bits per heavy atom. The number of fused-ring (bicyclic) bond motifs is 1. The van der Waals surface area contributed by atoms with Crippen molar-refractivity contribution in [1.29, 1.82) is 0 Å². The Bertz CT molecular complexity index is 1860. The Labute approximate surface area is 256 Å². The van der Waals surface area contributed by atoms with Gasteiger partial charge in [-0.1, -0.05) is 6.07 Å². The van der Waals surface area contributed by atoms with Crippen molar-refractivity contribution in [3.8, 4) is 39.8 Å². The molecule has 0 spiro atoms. The fourth-order valence-corrected chi connectivity index (χ4v) is 4.64. The normalized spacial score (nSPS) is 11.9. The van der Waals surface area contributed by atoms with E-state index in [9.17, 15) is 13.2 Å². The highest BCUT2D eigenvalue weighted by Gasteiger charge is 2.34. The summed E-state index contributed by atoms with van der Waals surface area (Å²) in [6.45, 7) is 2.44. The molecule has 5 rings (SSSR count). The summed E-state index contributed by atoms with van der Waals surface area (Å²) in [4.78, 5) is 12.6. The third-order valence-corrected chi connectivity index (χ3v) is 6.79. The average Bonchev–Trinajstić information content (AvgIpc) is 3.35. The molecule has 0 aliphatic rings. The number of ether oxygens (including phenoxy) is 3. The van der Waals surface area contributed by atoms with Crippen molar-refractivity contribution in [2.45, 2.75) is 19.5 Å². The molecule has 0 aliphatic heterocycles. The van der Waals surface area contributed by atoms with Crippen LogP contribution in [0, 0.1) is 6.92 Å². The number of nitrogens with zero attached hydrogens (tertiary/aromatic N) is 5. The van der Waals surface area contributed by atoms with E-state index in [4.69, 9.17) is 30.8 Å². The summed E-state index contributed by atoms with van der Waals surface area (Å²) in [7, 11) is 3.13. The van der Waals surface area contributed by atoms with Crippen molar-refractivity contribution in [2.24, 2.45) is 10.7 Å². The number of anilines is 2. The highest BCUT2D eigenvalue weighted by molar-refractivity contribution is 5.92. The molecular formula is C31H31F3N8O3. The van der Waals surface area contributed by atoms with Gasteiger partial charge >= 0.3 is 6.18 Å². The lowest BCUT2D eigenvalue weighted by Gasteiger charge is -2.13. The van der Waals surface area contributed by atoms with Gasteiger partial charge in [-0.05, 0) is 55.5 Å². The summed E-state index contributed by atoms with van der Waals surface area (Å²) >= 11 is 0. The SMILES string of the molecule is COc1cccc(NC(N)=NCCCOc2cc(-c3ccc4nc(C)c(-c5cnc(N)c(C(F)(F)F)c5)n4n3)ccc2OC)c1. The first-order valence-corrected chi connectivity index (χ1v) is 13.8. The monoisotopic (exact) mass is 620 g/mol. The predicted molar refractivity (Wildman–Crippen MR) is 166 cm³/mol. The van der Waals surface area contributed by atoms with Crippen LogP contribution in [0.3, 0.4) is 0 Å². The number of benzene rings is 2. The molecule has 0 bridgehead atoms. The van der Waals surface area contributed by atoms with Crippen LogP contribution < -0.4 is 31.0 Å². The van der Waals surface area contributed by atoms with E-state index in [1.165, 1.54) is 17.8 Å². The molecule has 2 aromatic carbocycles. The van der Waals surface area contributed by atoms with Gasteiger partial charge in [0.25, 0.3) is 0 Å². The largest absolute Gasteiger partial charge is 0.497 e. The summed E-state index contributed by atoms with van der Waals surface area (Å²) < 4.78 is 58.8. The maximum atomic E-state index is 13.5. The number of aromatic nitrogens is 4. The lowest BCUT2D eigenvalue weighted by molar-refractivity contribution is -0.137. The molecule has 11 nitrogen and oxygen atoms in total. The number of hydrogen-bond acceptors (Lipinski definition) is 8. The number of rotatable bonds is 10. The zero-order valence-electron chi connectivity index (χ0n) is 24.7. The number of methoxy groups -OCH3 is 2. The van der Waals surface area contributed by atoms with E-state index in [2.05, 4.69) is 20.3 Å². The molecule has 0 atom stereocenters. The van der Waals surface area contributed by atoms with E-state index in [-0.39, 0.29) is 11.5 Å². The lowest BCUT2D eigenvalue weighted by atomic mass is 10.1. The summed E-state index contributed by atoms with van der Waals surface area (Å²) in [5.74, 6) is 1.38. The molecule has 14 heteroatoms. The first-order valence-electron chi connectivity index (χ1n) is 13.8. The Morgan fingerprint density at radius 3 is 2.58 bits per heavy atom. The molecule has 0 saturated carbocycles. The van der Waals surface area contributed by atoms with Crippen molar-refractivity contribution in [2.75, 3.05) is 38.4 Å². The minimum atomic E-state index is -4.66. The fraction of sp³-hybridized carbons (Fsp3) is 0.226. The number of pyridine rings is 1. The van der Waals surface area contributed by atoms with Gasteiger partial charge in [-0.3, -0.25) is 4.99 Å². The van der Waals surface area contributed by atoms with E-state index in [0.717, 1.165) is 11.8 Å². The second-order valence-electron chi connectivity index (χ2n) is 9.88. The third kappa shape index (κ3) is 7.00. The van der Waals surface area contributed by atoms with Gasteiger partial charge < -0.3 is 31.0 Å². The van der Waals surface area contributed by atoms with Gasteiger partial charge in [0.15, 0.2) is 23.1 Å². The Morgan fingerprint density at radius 2 is 1.82 bits per heavy atom. The number of aliphatic imine (C=N–C) groups is 1. The molecule has 45 heavy (non-hydrogen) atoms.